The van der Waals surface area contributed by atoms with E-state index in [0.717, 1.165) is 4.88 Å². The van der Waals surface area contributed by atoms with E-state index >= 15 is 0 Å². The lowest BCUT2D eigenvalue weighted by molar-refractivity contribution is -0.147. The van der Waals surface area contributed by atoms with Gasteiger partial charge in [-0.2, -0.15) is 0 Å². The third-order valence-corrected chi connectivity index (χ3v) is 4.40. The number of thiophene rings is 1. The first-order chi connectivity index (χ1) is 12.1. The first-order valence-corrected chi connectivity index (χ1v) is 8.76. The van der Waals surface area contributed by atoms with Crippen molar-refractivity contribution >= 4 is 34.8 Å². The van der Waals surface area contributed by atoms with E-state index < -0.39 is 17.8 Å². The molecule has 0 radical (unpaired) electrons. The Labute approximate surface area is 150 Å². The number of nitrogens with zero attached hydrogens (tertiary/aromatic N) is 1. The number of amides is 2. The molecule has 1 aromatic heterocycles. The normalized spacial score (nSPS) is 10.2. The van der Waals surface area contributed by atoms with Gasteiger partial charge in [0.2, 0.25) is 5.91 Å². The van der Waals surface area contributed by atoms with Crippen molar-refractivity contribution in [2.24, 2.45) is 5.73 Å². The van der Waals surface area contributed by atoms with Gasteiger partial charge in [-0.15, -0.1) is 11.3 Å². The van der Waals surface area contributed by atoms with Crippen LogP contribution in [0.5, 0.6) is 0 Å². The predicted molar refractivity (Wildman–Crippen MR) is 96.2 cm³/mol. The fourth-order valence-electron chi connectivity index (χ4n) is 2.20. The first-order valence-electron chi connectivity index (χ1n) is 7.88. The van der Waals surface area contributed by atoms with Crippen LogP contribution < -0.4 is 10.6 Å². The molecule has 0 bridgehead atoms. The van der Waals surface area contributed by atoms with Gasteiger partial charge in [0.15, 0.2) is 6.61 Å². The molecule has 1 heterocycles. The maximum atomic E-state index is 12.4. The molecule has 0 unspecified atom stereocenters. The van der Waals surface area contributed by atoms with Gasteiger partial charge in [-0.05, 0) is 30.0 Å². The molecule has 7 heteroatoms. The Hall–Kier alpha value is -2.67. The van der Waals surface area contributed by atoms with Crippen LogP contribution in [0.1, 0.15) is 17.7 Å². The van der Waals surface area contributed by atoms with Gasteiger partial charge < -0.3 is 15.4 Å². The summed E-state index contributed by atoms with van der Waals surface area (Å²) < 4.78 is 5.07. The van der Waals surface area contributed by atoms with Crippen LogP contribution in [-0.4, -0.2) is 30.9 Å². The predicted octanol–water partition coefficient (Wildman–Crippen LogP) is 2.13. The number of primary amides is 1. The van der Waals surface area contributed by atoms with Crippen molar-refractivity contribution in [3.8, 4) is 0 Å². The minimum atomic E-state index is -0.498. The van der Waals surface area contributed by atoms with Gasteiger partial charge in [-0.3, -0.25) is 14.4 Å². The summed E-state index contributed by atoms with van der Waals surface area (Å²) in [6.45, 7) is -0.220. The molecule has 0 saturated heterocycles. The average Bonchev–Trinajstić information content (AvgIpc) is 3.12. The molecule has 0 aliphatic carbocycles. The fourth-order valence-corrected chi connectivity index (χ4v) is 2.91. The van der Waals surface area contributed by atoms with Crippen LogP contribution in [0.25, 0.3) is 0 Å². The van der Waals surface area contributed by atoms with Crippen molar-refractivity contribution < 1.29 is 19.1 Å². The number of nitrogens with two attached hydrogens (primary N) is 1. The fraction of sp³-hybridized carbons (Fsp3) is 0.278. The molecule has 0 spiro atoms. The number of hydrogen-bond acceptors (Lipinski definition) is 5. The number of hydrogen-bond donors (Lipinski definition) is 1. The number of aryl methyl sites for hydroxylation is 1. The summed E-state index contributed by atoms with van der Waals surface area (Å²) in [5.41, 5.74) is 5.79. The van der Waals surface area contributed by atoms with Crippen molar-refractivity contribution in [1.82, 2.24) is 0 Å². The van der Waals surface area contributed by atoms with E-state index in [2.05, 4.69) is 0 Å². The highest BCUT2D eigenvalue weighted by atomic mass is 32.1. The van der Waals surface area contributed by atoms with Crippen LogP contribution in [0.15, 0.2) is 47.8 Å². The Morgan fingerprint density at radius 3 is 2.44 bits per heavy atom. The highest BCUT2D eigenvalue weighted by molar-refractivity contribution is 7.09. The second-order valence-electron chi connectivity index (χ2n) is 5.34. The van der Waals surface area contributed by atoms with E-state index in [0.29, 0.717) is 12.1 Å². The molecule has 2 rings (SSSR count). The third-order valence-electron chi connectivity index (χ3n) is 3.46. The van der Waals surface area contributed by atoms with Crippen LogP contribution in [0.4, 0.5) is 5.69 Å². The van der Waals surface area contributed by atoms with Crippen molar-refractivity contribution in [3.63, 3.8) is 0 Å². The lowest BCUT2D eigenvalue weighted by Crippen LogP contribution is -2.37. The lowest BCUT2D eigenvalue weighted by Gasteiger charge is -2.22. The Morgan fingerprint density at radius 1 is 1.04 bits per heavy atom. The Kier molecular flexibility index (Phi) is 7.16. The quantitative estimate of drug-likeness (QED) is 0.694. The number of carbonyl (C=O) groups is 3. The molecule has 25 heavy (non-hydrogen) atoms. The van der Waals surface area contributed by atoms with Gasteiger partial charge in [-0.25, -0.2) is 0 Å². The molecule has 0 fully saturated rings. The number of esters is 1. The molecule has 0 saturated carbocycles. The first kappa shape index (κ1) is 18.7. The number of anilines is 1. The van der Waals surface area contributed by atoms with Crippen molar-refractivity contribution in [1.29, 1.82) is 0 Å². The second-order valence-corrected chi connectivity index (χ2v) is 6.37. The molecule has 0 aliphatic heterocycles. The zero-order valence-electron chi connectivity index (χ0n) is 13.7. The molecule has 0 atom stereocenters. The van der Waals surface area contributed by atoms with Crippen LogP contribution in [0, 0.1) is 0 Å². The standard InChI is InChI=1S/C18H20N2O4S/c19-16(21)10-11-20(14-5-2-1-3-6-14)17(22)13-24-18(23)9-8-15-7-4-12-25-15/h1-7,12H,8-11,13H2,(H2,19,21). The number of rotatable bonds is 9. The molecule has 0 aliphatic rings. The summed E-state index contributed by atoms with van der Waals surface area (Å²) in [7, 11) is 0. The summed E-state index contributed by atoms with van der Waals surface area (Å²) in [6.07, 6.45) is 0.849. The second kappa shape index (κ2) is 9.58. The topological polar surface area (TPSA) is 89.7 Å². The van der Waals surface area contributed by atoms with Crippen LogP contribution in [0.2, 0.25) is 0 Å². The zero-order chi connectivity index (χ0) is 18.1. The Balaban J connectivity index is 1.87. The minimum Gasteiger partial charge on any atom is -0.456 e. The van der Waals surface area contributed by atoms with Crippen molar-refractivity contribution in [2.75, 3.05) is 18.1 Å². The molecule has 2 N–H and O–H groups in total. The van der Waals surface area contributed by atoms with Gasteiger partial charge in [0.05, 0.1) is 6.42 Å². The molecular weight excluding hydrogens is 340 g/mol. The van der Waals surface area contributed by atoms with E-state index in [1.165, 1.54) is 4.90 Å². The summed E-state index contributed by atoms with van der Waals surface area (Å²) in [5.74, 6) is -1.32. The lowest BCUT2D eigenvalue weighted by atomic mass is 10.2. The molecular formula is C18H20N2O4S. The van der Waals surface area contributed by atoms with Crippen LogP contribution >= 0.6 is 11.3 Å². The molecule has 2 aromatic rings. The van der Waals surface area contributed by atoms with Crippen molar-refractivity contribution in [3.05, 3.63) is 52.7 Å². The Morgan fingerprint density at radius 2 is 1.80 bits per heavy atom. The van der Waals surface area contributed by atoms with E-state index in [1.54, 1.807) is 35.6 Å². The van der Waals surface area contributed by atoms with E-state index in [9.17, 15) is 14.4 Å². The van der Waals surface area contributed by atoms with Gasteiger partial charge in [0, 0.05) is 23.5 Å². The van der Waals surface area contributed by atoms with Crippen molar-refractivity contribution in [2.45, 2.75) is 19.3 Å². The van der Waals surface area contributed by atoms with E-state index in [4.69, 9.17) is 10.5 Å². The monoisotopic (exact) mass is 360 g/mol. The summed E-state index contributed by atoms with van der Waals surface area (Å²) in [6, 6.07) is 12.8. The maximum Gasteiger partial charge on any atom is 0.306 e. The Bertz CT molecular complexity index is 701. The number of ether oxygens (including phenoxy) is 1. The average molecular weight is 360 g/mol. The minimum absolute atomic E-state index is 0.0347. The largest absolute Gasteiger partial charge is 0.456 e. The number of para-hydroxylation sites is 1. The van der Waals surface area contributed by atoms with Gasteiger partial charge in [0.1, 0.15) is 0 Å². The van der Waals surface area contributed by atoms with Gasteiger partial charge in [0.25, 0.3) is 5.91 Å². The molecule has 6 nitrogen and oxygen atoms in total. The summed E-state index contributed by atoms with van der Waals surface area (Å²) in [5, 5.41) is 1.95. The van der Waals surface area contributed by atoms with E-state index in [-0.39, 0.29) is 26.0 Å². The number of carbonyl (C=O) groups excluding carboxylic acids is 3. The van der Waals surface area contributed by atoms with Gasteiger partial charge in [-0.1, -0.05) is 24.3 Å². The number of benzene rings is 1. The maximum absolute atomic E-state index is 12.4. The molecule has 132 valence electrons. The SMILES string of the molecule is NC(=O)CCN(C(=O)COC(=O)CCc1cccs1)c1ccccc1. The molecule has 2 amide bonds. The third kappa shape index (κ3) is 6.39. The summed E-state index contributed by atoms with van der Waals surface area (Å²) in [4.78, 5) is 37.7. The highest BCUT2D eigenvalue weighted by Crippen LogP contribution is 2.15. The van der Waals surface area contributed by atoms with Crippen LogP contribution in [-0.2, 0) is 25.5 Å². The summed E-state index contributed by atoms with van der Waals surface area (Å²) >= 11 is 1.57. The van der Waals surface area contributed by atoms with Gasteiger partial charge >= 0.3 is 5.97 Å². The molecule has 1 aromatic carbocycles. The van der Waals surface area contributed by atoms with Crippen LogP contribution in [0.3, 0.4) is 0 Å². The van der Waals surface area contributed by atoms with E-state index in [1.807, 2.05) is 23.6 Å². The zero-order valence-corrected chi connectivity index (χ0v) is 14.5. The smallest absolute Gasteiger partial charge is 0.306 e. The highest BCUT2D eigenvalue weighted by Gasteiger charge is 2.18.